The van der Waals surface area contributed by atoms with Crippen LogP contribution in [0, 0.1) is 0 Å². The molecule has 0 aliphatic heterocycles. The molecule has 1 N–H and O–H groups in total. The fourth-order valence-corrected chi connectivity index (χ4v) is 2.23. The summed E-state index contributed by atoms with van der Waals surface area (Å²) in [6.07, 6.45) is 0. The second kappa shape index (κ2) is 5.07. The van der Waals surface area contributed by atoms with Crippen LogP contribution in [-0.4, -0.2) is 52.4 Å². The Morgan fingerprint density at radius 1 is 0.850 bits per heavy atom. The van der Waals surface area contributed by atoms with Gasteiger partial charge in [0.25, 0.3) is 0 Å². The van der Waals surface area contributed by atoms with E-state index in [1.165, 1.54) is 0 Å². The van der Waals surface area contributed by atoms with Crippen molar-refractivity contribution >= 4 is 28.1 Å². The van der Waals surface area contributed by atoms with Crippen molar-refractivity contribution < 1.29 is 5.11 Å². The van der Waals surface area contributed by atoms with E-state index >= 15 is 0 Å². The third-order valence-electron chi connectivity index (χ3n) is 3.30. The van der Waals surface area contributed by atoms with Crippen molar-refractivity contribution in [2.45, 2.75) is 0 Å². The molecule has 0 aliphatic rings. The number of phenols is 1. The molecule has 0 unspecified atom stereocenters. The molecule has 5 nitrogen and oxygen atoms in total. The number of anilines is 3. The monoisotopic (exact) mass is 274 g/mol. The van der Waals surface area contributed by atoms with Gasteiger partial charge in [0.1, 0.15) is 17.1 Å². The van der Waals surface area contributed by atoms with Crippen LogP contribution in [0.5, 0.6) is 5.75 Å². The molecule has 20 heavy (non-hydrogen) atoms. The molecule has 0 atom stereocenters. The lowest BCUT2D eigenvalue weighted by Crippen LogP contribution is -2.16. The fraction of sp³-hybridized carbons (Fsp3) is 0.400. The standard InChI is InChI=1S/C15H22N4O/c1-17(2)10-7-8-12(20)15-14(10)11(18(3)4)9-13(16-15)19(5)6/h7-9,20H,1-6H3. The first kappa shape index (κ1) is 14.2. The molecule has 0 bridgehead atoms. The van der Waals surface area contributed by atoms with Crippen molar-refractivity contribution in [2.75, 3.05) is 57.0 Å². The quantitative estimate of drug-likeness (QED) is 0.929. The van der Waals surface area contributed by atoms with E-state index < -0.39 is 0 Å². The highest BCUT2D eigenvalue weighted by molar-refractivity contribution is 6.05. The Labute approximate surface area is 120 Å². The minimum Gasteiger partial charge on any atom is -0.506 e. The Bertz CT molecular complexity index is 635. The van der Waals surface area contributed by atoms with Gasteiger partial charge in [0.2, 0.25) is 0 Å². The van der Waals surface area contributed by atoms with Gasteiger partial charge in [-0.1, -0.05) is 0 Å². The molecular formula is C15H22N4O. The maximum Gasteiger partial charge on any atom is 0.142 e. The van der Waals surface area contributed by atoms with Crippen LogP contribution >= 0.6 is 0 Å². The summed E-state index contributed by atoms with van der Waals surface area (Å²) in [5.74, 6) is 1.03. The number of benzene rings is 1. The number of phenolic OH excluding ortho intramolecular Hbond substituents is 1. The van der Waals surface area contributed by atoms with E-state index in [0.29, 0.717) is 5.52 Å². The van der Waals surface area contributed by atoms with Gasteiger partial charge in [0, 0.05) is 54.0 Å². The van der Waals surface area contributed by atoms with Crippen molar-refractivity contribution in [3.8, 4) is 5.75 Å². The van der Waals surface area contributed by atoms with E-state index in [1.807, 2.05) is 69.1 Å². The minimum atomic E-state index is 0.206. The molecule has 2 aromatic rings. The van der Waals surface area contributed by atoms with E-state index in [4.69, 9.17) is 0 Å². The number of nitrogens with zero attached hydrogens (tertiary/aromatic N) is 4. The summed E-state index contributed by atoms with van der Waals surface area (Å²) in [6, 6.07) is 5.65. The fourth-order valence-electron chi connectivity index (χ4n) is 2.23. The predicted octanol–water partition coefficient (Wildman–Crippen LogP) is 2.14. The summed E-state index contributed by atoms with van der Waals surface area (Å²) in [5.41, 5.74) is 2.71. The maximum atomic E-state index is 10.2. The van der Waals surface area contributed by atoms with Gasteiger partial charge in [-0.15, -0.1) is 0 Å². The summed E-state index contributed by atoms with van der Waals surface area (Å²) >= 11 is 0. The van der Waals surface area contributed by atoms with Crippen LogP contribution in [0.2, 0.25) is 0 Å². The summed E-state index contributed by atoms with van der Waals surface area (Å²) in [4.78, 5) is 10.6. The van der Waals surface area contributed by atoms with Gasteiger partial charge in [-0.05, 0) is 12.1 Å². The molecule has 0 aliphatic carbocycles. The van der Waals surface area contributed by atoms with Gasteiger partial charge >= 0.3 is 0 Å². The first-order valence-corrected chi connectivity index (χ1v) is 6.51. The van der Waals surface area contributed by atoms with Gasteiger partial charge < -0.3 is 19.8 Å². The summed E-state index contributed by atoms with van der Waals surface area (Å²) in [6.45, 7) is 0. The second-order valence-corrected chi connectivity index (χ2v) is 5.51. The zero-order valence-electron chi connectivity index (χ0n) is 13.0. The third kappa shape index (κ3) is 2.31. The molecule has 0 saturated heterocycles. The first-order chi connectivity index (χ1) is 9.32. The van der Waals surface area contributed by atoms with Gasteiger partial charge in [-0.2, -0.15) is 0 Å². The Balaban J connectivity index is 2.92. The Hall–Kier alpha value is -2.17. The van der Waals surface area contributed by atoms with E-state index in [1.54, 1.807) is 6.07 Å². The Morgan fingerprint density at radius 3 is 1.95 bits per heavy atom. The Morgan fingerprint density at radius 2 is 1.45 bits per heavy atom. The summed E-state index contributed by atoms with van der Waals surface area (Å²) in [5, 5.41) is 11.1. The molecule has 1 aromatic carbocycles. The number of aromatic nitrogens is 1. The van der Waals surface area contributed by atoms with Gasteiger partial charge in [-0.3, -0.25) is 0 Å². The van der Waals surface area contributed by atoms with Crippen LogP contribution in [0.4, 0.5) is 17.2 Å². The van der Waals surface area contributed by atoms with Crippen LogP contribution in [0.3, 0.4) is 0 Å². The van der Waals surface area contributed by atoms with Crippen LogP contribution in [0.1, 0.15) is 0 Å². The lowest BCUT2D eigenvalue weighted by Gasteiger charge is -2.24. The molecule has 0 spiro atoms. The lowest BCUT2D eigenvalue weighted by molar-refractivity contribution is 0.480. The van der Waals surface area contributed by atoms with Crippen molar-refractivity contribution in [1.29, 1.82) is 0 Å². The second-order valence-electron chi connectivity index (χ2n) is 5.51. The minimum absolute atomic E-state index is 0.206. The highest BCUT2D eigenvalue weighted by Crippen LogP contribution is 2.39. The topological polar surface area (TPSA) is 42.8 Å². The largest absolute Gasteiger partial charge is 0.506 e. The molecule has 2 rings (SSSR count). The number of aromatic hydroxyl groups is 1. The molecule has 0 radical (unpaired) electrons. The summed E-state index contributed by atoms with van der Waals surface area (Å²) in [7, 11) is 11.9. The van der Waals surface area contributed by atoms with Crippen molar-refractivity contribution in [2.24, 2.45) is 0 Å². The van der Waals surface area contributed by atoms with Crippen molar-refractivity contribution in [3.63, 3.8) is 0 Å². The van der Waals surface area contributed by atoms with Crippen molar-refractivity contribution in [1.82, 2.24) is 4.98 Å². The molecule has 0 amide bonds. The summed E-state index contributed by atoms with van der Waals surface area (Å²) < 4.78 is 0. The van der Waals surface area contributed by atoms with Crippen LogP contribution < -0.4 is 14.7 Å². The highest BCUT2D eigenvalue weighted by Gasteiger charge is 2.16. The molecule has 1 aromatic heterocycles. The van der Waals surface area contributed by atoms with Crippen LogP contribution in [0.15, 0.2) is 18.2 Å². The number of rotatable bonds is 3. The molecule has 0 fully saturated rings. The van der Waals surface area contributed by atoms with Gasteiger partial charge in [0.05, 0.1) is 11.1 Å². The molecule has 108 valence electrons. The highest BCUT2D eigenvalue weighted by atomic mass is 16.3. The number of hydrogen-bond donors (Lipinski definition) is 1. The third-order valence-corrected chi connectivity index (χ3v) is 3.30. The zero-order chi connectivity index (χ0) is 15.0. The molecular weight excluding hydrogens is 252 g/mol. The van der Waals surface area contributed by atoms with E-state index in [-0.39, 0.29) is 5.75 Å². The number of fused-ring (bicyclic) bond motifs is 1. The average Bonchev–Trinajstić information content (AvgIpc) is 2.37. The van der Waals surface area contributed by atoms with E-state index in [0.717, 1.165) is 22.6 Å². The number of pyridine rings is 1. The van der Waals surface area contributed by atoms with Crippen LogP contribution in [-0.2, 0) is 0 Å². The zero-order valence-corrected chi connectivity index (χ0v) is 13.0. The normalized spacial score (nSPS) is 10.7. The van der Waals surface area contributed by atoms with E-state index in [2.05, 4.69) is 4.98 Å². The van der Waals surface area contributed by atoms with Crippen molar-refractivity contribution in [3.05, 3.63) is 18.2 Å². The average molecular weight is 274 g/mol. The smallest absolute Gasteiger partial charge is 0.142 e. The van der Waals surface area contributed by atoms with E-state index in [9.17, 15) is 5.11 Å². The van der Waals surface area contributed by atoms with Gasteiger partial charge in [0.15, 0.2) is 0 Å². The van der Waals surface area contributed by atoms with Crippen LogP contribution in [0.25, 0.3) is 10.9 Å². The Kier molecular flexibility index (Phi) is 3.61. The van der Waals surface area contributed by atoms with Gasteiger partial charge in [-0.25, -0.2) is 4.98 Å². The number of hydrogen-bond acceptors (Lipinski definition) is 5. The molecule has 0 saturated carbocycles. The molecule has 1 heterocycles. The predicted molar refractivity (Wildman–Crippen MR) is 86.4 cm³/mol. The maximum absolute atomic E-state index is 10.2. The first-order valence-electron chi connectivity index (χ1n) is 6.51. The molecule has 5 heteroatoms. The lowest BCUT2D eigenvalue weighted by atomic mass is 10.1. The SMILES string of the molecule is CN(C)c1cc(N(C)C)c2c(N(C)C)ccc(O)c2n1.